The average molecular weight is 370 g/mol. The molecule has 0 bridgehead atoms. The molecule has 0 amide bonds. The van der Waals surface area contributed by atoms with E-state index in [9.17, 15) is 8.42 Å². The fraction of sp³-hybridized carbons (Fsp3) is 0.125. The number of ether oxygens (including phenoxy) is 1. The van der Waals surface area contributed by atoms with E-state index >= 15 is 0 Å². The van der Waals surface area contributed by atoms with Crippen molar-refractivity contribution in [2.24, 2.45) is 0 Å². The molecule has 3 rings (SSSR count). The number of methoxy groups -OCH3 is 1. The second-order valence-electron chi connectivity index (χ2n) is 5.06. The molecule has 3 aromatic rings. The number of hydrogen-bond donors (Lipinski definition) is 0. The lowest BCUT2D eigenvalue weighted by molar-refractivity contribution is 0.415. The summed E-state index contributed by atoms with van der Waals surface area (Å²) in [4.78, 5) is 0.123. The molecular weight excluding hydrogens is 357 g/mol. The Kier molecular flexibility index (Phi) is 4.04. The van der Waals surface area contributed by atoms with Gasteiger partial charge in [0.2, 0.25) is 0 Å². The maximum Gasteiger partial charge on any atom is 0.268 e. The molecule has 120 valence electrons. The highest BCUT2D eigenvalue weighted by Gasteiger charge is 2.22. The predicted molar refractivity (Wildman–Crippen MR) is 92.3 cm³/mol. The summed E-state index contributed by atoms with van der Waals surface area (Å²) in [6.07, 6.45) is 0. The molecule has 0 atom stereocenters. The molecule has 0 spiro atoms. The molecule has 0 aliphatic rings. The Morgan fingerprint density at radius 3 is 2.48 bits per heavy atom. The van der Waals surface area contributed by atoms with Crippen molar-refractivity contribution in [2.45, 2.75) is 11.8 Å². The summed E-state index contributed by atoms with van der Waals surface area (Å²) in [5.74, 6) is 0.497. The molecule has 0 aliphatic heterocycles. The second-order valence-corrected chi connectivity index (χ2v) is 7.69. The smallest absolute Gasteiger partial charge is 0.268 e. The van der Waals surface area contributed by atoms with Crippen LogP contribution in [0.4, 0.5) is 0 Å². The molecule has 4 nitrogen and oxygen atoms in total. The third kappa shape index (κ3) is 2.69. The first-order valence-corrected chi connectivity index (χ1v) is 8.91. The highest BCUT2D eigenvalue weighted by atomic mass is 35.5. The van der Waals surface area contributed by atoms with E-state index < -0.39 is 10.0 Å². The SMILES string of the molecule is COc1cc2cc(C)n(S(=O)(=O)c3cccc(Cl)c3)c2cc1Cl. The highest BCUT2D eigenvalue weighted by molar-refractivity contribution is 7.90. The normalized spacial score (nSPS) is 11.8. The number of nitrogens with zero attached hydrogens (tertiary/aromatic N) is 1. The van der Waals surface area contributed by atoms with Crippen LogP contribution in [0.1, 0.15) is 5.69 Å². The van der Waals surface area contributed by atoms with Crippen molar-refractivity contribution in [3.8, 4) is 5.75 Å². The first-order chi connectivity index (χ1) is 10.8. The number of fused-ring (bicyclic) bond motifs is 1. The average Bonchev–Trinajstić information content (AvgIpc) is 2.81. The summed E-state index contributed by atoms with van der Waals surface area (Å²) in [6, 6.07) is 11.2. The fourth-order valence-corrected chi connectivity index (χ4v) is 4.61. The molecule has 1 aromatic heterocycles. The quantitative estimate of drug-likeness (QED) is 0.682. The maximum atomic E-state index is 13.0. The van der Waals surface area contributed by atoms with Gasteiger partial charge in [0.25, 0.3) is 10.0 Å². The van der Waals surface area contributed by atoms with Gasteiger partial charge in [-0.25, -0.2) is 12.4 Å². The van der Waals surface area contributed by atoms with Crippen molar-refractivity contribution in [2.75, 3.05) is 7.11 Å². The van der Waals surface area contributed by atoms with E-state index in [0.717, 1.165) is 5.39 Å². The Hall–Kier alpha value is -1.69. The van der Waals surface area contributed by atoms with Crippen LogP contribution < -0.4 is 4.74 Å². The molecule has 7 heteroatoms. The summed E-state index contributed by atoms with van der Waals surface area (Å²) in [6.45, 7) is 1.72. The van der Waals surface area contributed by atoms with Crippen molar-refractivity contribution < 1.29 is 13.2 Å². The first kappa shape index (κ1) is 16.2. The van der Waals surface area contributed by atoms with Gasteiger partial charge in [-0.05, 0) is 43.3 Å². The highest BCUT2D eigenvalue weighted by Crippen LogP contribution is 2.33. The second kappa shape index (κ2) is 5.74. The topological polar surface area (TPSA) is 48.3 Å². The van der Waals surface area contributed by atoms with Crippen LogP contribution in [0.15, 0.2) is 47.4 Å². The molecule has 2 aromatic carbocycles. The molecule has 23 heavy (non-hydrogen) atoms. The molecule has 0 fully saturated rings. The standard InChI is InChI=1S/C16H13Cl2NO3S/c1-10-6-11-7-16(22-2)14(18)9-15(11)19(10)23(20,21)13-5-3-4-12(17)8-13/h3-9H,1-2H3. The van der Waals surface area contributed by atoms with Gasteiger partial charge in [0.1, 0.15) is 5.75 Å². The third-order valence-electron chi connectivity index (χ3n) is 3.54. The van der Waals surface area contributed by atoms with Crippen LogP contribution in [0.2, 0.25) is 10.0 Å². The summed E-state index contributed by atoms with van der Waals surface area (Å²) >= 11 is 12.1. The Bertz CT molecular complexity index is 1010. The van der Waals surface area contributed by atoms with Crippen LogP contribution in [0.5, 0.6) is 5.75 Å². The molecule has 0 saturated carbocycles. The molecule has 0 saturated heterocycles. The zero-order valence-electron chi connectivity index (χ0n) is 12.4. The number of aryl methyl sites for hydroxylation is 1. The van der Waals surface area contributed by atoms with Gasteiger partial charge in [-0.15, -0.1) is 0 Å². The van der Waals surface area contributed by atoms with Crippen LogP contribution in [-0.2, 0) is 10.0 Å². The van der Waals surface area contributed by atoms with Crippen molar-refractivity contribution in [3.05, 3.63) is 58.2 Å². The predicted octanol–water partition coefficient (Wildman–Crippen LogP) is 4.50. The van der Waals surface area contributed by atoms with E-state index in [-0.39, 0.29) is 4.90 Å². The van der Waals surface area contributed by atoms with Gasteiger partial charge >= 0.3 is 0 Å². The third-order valence-corrected chi connectivity index (χ3v) is 5.88. The van der Waals surface area contributed by atoms with E-state index in [1.165, 1.54) is 23.2 Å². The van der Waals surface area contributed by atoms with Crippen molar-refractivity contribution in [1.82, 2.24) is 3.97 Å². The summed E-state index contributed by atoms with van der Waals surface area (Å²) in [5, 5.41) is 1.44. The number of benzene rings is 2. The van der Waals surface area contributed by atoms with E-state index in [4.69, 9.17) is 27.9 Å². The van der Waals surface area contributed by atoms with E-state index in [1.807, 2.05) is 0 Å². The number of halogens is 2. The maximum absolute atomic E-state index is 13.0. The number of hydrogen-bond acceptors (Lipinski definition) is 3. The monoisotopic (exact) mass is 369 g/mol. The Morgan fingerprint density at radius 2 is 1.83 bits per heavy atom. The van der Waals surface area contributed by atoms with Crippen LogP contribution in [0, 0.1) is 6.92 Å². The van der Waals surface area contributed by atoms with Crippen molar-refractivity contribution in [3.63, 3.8) is 0 Å². The molecule has 1 heterocycles. The van der Waals surface area contributed by atoms with Gasteiger partial charge in [0.05, 0.1) is 22.5 Å². The van der Waals surface area contributed by atoms with Gasteiger partial charge in [-0.1, -0.05) is 29.3 Å². The van der Waals surface area contributed by atoms with Crippen LogP contribution in [0.25, 0.3) is 10.9 Å². The number of rotatable bonds is 3. The summed E-state index contributed by atoms with van der Waals surface area (Å²) in [5.41, 5.74) is 1.07. The minimum absolute atomic E-state index is 0.123. The largest absolute Gasteiger partial charge is 0.495 e. The van der Waals surface area contributed by atoms with Crippen LogP contribution >= 0.6 is 23.2 Å². The lowest BCUT2D eigenvalue weighted by Crippen LogP contribution is -2.14. The zero-order valence-corrected chi connectivity index (χ0v) is 14.7. The lowest BCUT2D eigenvalue weighted by Gasteiger charge is -2.11. The van der Waals surface area contributed by atoms with Gasteiger partial charge in [0.15, 0.2) is 0 Å². The molecule has 0 unspecified atom stereocenters. The van der Waals surface area contributed by atoms with Gasteiger partial charge in [-0.3, -0.25) is 0 Å². The lowest BCUT2D eigenvalue weighted by atomic mass is 10.2. The van der Waals surface area contributed by atoms with Gasteiger partial charge in [0, 0.05) is 16.1 Å². The van der Waals surface area contributed by atoms with E-state index in [2.05, 4.69) is 0 Å². The van der Waals surface area contributed by atoms with Crippen molar-refractivity contribution in [1.29, 1.82) is 0 Å². The summed E-state index contributed by atoms with van der Waals surface area (Å²) < 4.78 is 32.4. The van der Waals surface area contributed by atoms with Crippen LogP contribution in [-0.4, -0.2) is 19.5 Å². The number of aromatic nitrogens is 1. The van der Waals surface area contributed by atoms with E-state index in [0.29, 0.717) is 27.0 Å². The molecule has 0 aliphatic carbocycles. The van der Waals surface area contributed by atoms with Gasteiger partial charge in [-0.2, -0.15) is 0 Å². The Morgan fingerprint density at radius 1 is 1.09 bits per heavy atom. The minimum Gasteiger partial charge on any atom is -0.495 e. The first-order valence-electron chi connectivity index (χ1n) is 6.71. The summed E-state index contributed by atoms with van der Waals surface area (Å²) in [7, 11) is -2.27. The molecule has 0 radical (unpaired) electrons. The Labute approximate surface area is 144 Å². The minimum atomic E-state index is -3.78. The van der Waals surface area contributed by atoms with Crippen molar-refractivity contribution >= 4 is 44.1 Å². The zero-order chi connectivity index (χ0) is 16.8. The molecular formula is C16H13Cl2NO3S. The fourth-order valence-electron chi connectivity index (χ4n) is 2.53. The van der Waals surface area contributed by atoms with E-state index in [1.54, 1.807) is 37.3 Å². The van der Waals surface area contributed by atoms with Crippen LogP contribution in [0.3, 0.4) is 0 Å². The Balaban J connectivity index is 2.31. The van der Waals surface area contributed by atoms with Gasteiger partial charge < -0.3 is 4.74 Å². The molecule has 0 N–H and O–H groups in total.